The van der Waals surface area contributed by atoms with Gasteiger partial charge in [0.2, 0.25) is 0 Å². The number of aryl methyl sites for hydroxylation is 1. The van der Waals surface area contributed by atoms with Crippen LogP contribution in [0.3, 0.4) is 0 Å². The molecule has 1 fully saturated rings. The highest BCUT2D eigenvalue weighted by atomic mass is 79.9. The zero-order valence-electron chi connectivity index (χ0n) is 17.4. The minimum Gasteiger partial charge on any atom is -0.496 e. The van der Waals surface area contributed by atoms with E-state index in [2.05, 4.69) is 50.2 Å². The van der Waals surface area contributed by atoms with Gasteiger partial charge in [0.1, 0.15) is 11.6 Å². The van der Waals surface area contributed by atoms with E-state index in [0.717, 1.165) is 45.7 Å². The number of H-pyrrole nitrogens is 1. The number of likely N-dealkylation sites (tertiary alicyclic amines) is 1. The molecule has 0 atom stereocenters. The Hall–Kier alpha value is -1.89. The molecule has 0 bridgehead atoms. The lowest BCUT2D eigenvalue weighted by Crippen LogP contribution is -2.37. The second-order valence-corrected chi connectivity index (χ2v) is 8.80. The molecule has 1 saturated heterocycles. The summed E-state index contributed by atoms with van der Waals surface area (Å²) in [6, 6.07) is 10.6. The van der Waals surface area contributed by atoms with Crippen LogP contribution in [0.15, 0.2) is 34.8 Å². The largest absolute Gasteiger partial charge is 0.496 e. The highest BCUT2D eigenvalue weighted by molar-refractivity contribution is 9.10. The number of fused-ring (bicyclic) bond motifs is 1. The molecule has 0 spiro atoms. The molecule has 2 aromatic carbocycles. The molecule has 29 heavy (non-hydrogen) atoms. The SMILES string of the molecule is CNCCN1CCC(c2cc(C)c3nc(-c4cc(Br)ccc4OC)[nH]c3c2)CC1. The van der Waals surface area contributed by atoms with E-state index in [4.69, 9.17) is 9.72 Å². The van der Waals surface area contributed by atoms with Crippen LogP contribution in [0.1, 0.15) is 29.9 Å². The lowest BCUT2D eigenvalue weighted by molar-refractivity contribution is 0.214. The van der Waals surface area contributed by atoms with Crippen LogP contribution < -0.4 is 10.1 Å². The van der Waals surface area contributed by atoms with Gasteiger partial charge in [0.05, 0.1) is 23.7 Å². The molecule has 1 aromatic heterocycles. The van der Waals surface area contributed by atoms with Crippen LogP contribution in [0.5, 0.6) is 5.75 Å². The van der Waals surface area contributed by atoms with Crippen LogP contribution in [0.2, 0.25) is 0 Å². The molecule has 4 rings (SSSR count). The molecule has 6 heteroatoms. The fraction of sp³-hybridized carbons (Fsp3) is 0.435. The second kappa shape index (κ2) is 8.86. The number of hydrogen-bond donors (Lipinski definition) is 2. The molecule has 0 unspecified atom stereocenters. The van der Waals surface area contributed by atoms with Crippen molar-refractivity contribution in [2.24, 2.45) is 0 Å². The Labute approximate surface area is 181 Å². The van der Waals surface area contributed by atoms with Gasteiger partial charge < -0.3 is 19.9 Å². The first kappa shape index (κ1) is 20.4. The summed E-state index contributed by atoms with van der Waals surface area (Å²) in [6.45, 7) is 6.71. The highest BCUT2D eigenvalue weighted by Gasteiger charge is 2.22. The average Bonchev–Trinajstić information content (AvgIpc) is 3.17. The molecule has 0 aliphatic carbocycles. The van der Waals surface area contributed by atoms with Gasteiger partial charge in [0.25, 0.3) is 0 Å². The van der Waals surface area contributed by atoms with E-state index in [-0.39, 0.29) is 0 Å². The van der Waals surface area contributed by atoms with Gasteiger partial charge in [0.15, 0.2) is 0 Å². The third-order valence-electron chi connectivity index (χ3n) is 5.95. The number of hydrogen-bond acceptors (Lipinski definition) is 4. The molecule has 0 amide bonds. The number of likely N-dealkylation sites (N-methyl/N-ethyl adjacent to an activating group) is 1. The number of ether oxygens (including phenoxy) is 1. The normalized spacial score (nSPS) is 15.9. The Morgan fingerprint density at radius 1 is 1.24 bits per heavy atom. The van der Waals surface area contributed by atoms with E-state index >= 15 is 0 Å². The molecule has 2 heterocycles. The number of nitrogens with zero attached hydrogens (tertiary/aromatic N) is 2. The molecule has 3 aromatic rings. The quantitative estimate of drug-likeness (QED) is 0.563. The maximum Gasteiger partial charge on any atom is 0.142 e. The Balaban J connectivity index is 1.61. The van der Waals surface area contributed by atoms with Crippen molar-refractivity contribution in [1.82, 2.24) is 20.2 Å². The number of aromatic amines is 1. The summed E-state index contributed by atoms with van der Waals surface area (Å²) in [7, 11) is 3.72. The monoisotopic (exact) mass is 456 g/mol. The van der Waals surface area contributed by atoms with Crippen molar-refractivity contribution in [3.05, 3.63) is 45.9 Å². The van der Waals surface area contributed by atoms with Gasteiger partial charge in [-0.15, -0.1) is 0 Å². The smallest absolute Gasteiger partial charge is 0.142 e. The summed E-state index contributed by atoms with van der Waals surface area (Å²) >= 11 is 3.56. The number of imidazole rings is 1. The summed E-state index contributed by atoms with van der Waals surface area (Å²) in [4.78, 5) is 11.0. The van der Waals surface area contributed by atoms with Crippen LogP contribution in [-0.2, 0) is 0 Å². The van der Waals surface area contributed by atoms with Crippen molar-refractivity contribution in [3.8, 4) is 17.1 Å². The van der Waals surface area contributed by atoms with E-state index in [1.54, 1.807) is 7.11 Å². The third-order valence-corrected chi connectivity index (χ3v) is 6.45. The molecule has 2 N–H and O–H groups in total. The van der Waals surface area contributed by atoms with E-state index in [0.29, 0.717) is 5.92 Å². The Morgan fingerprint density at radius 2 is 2.03 bits per heavy atom. The Morgan fingerprint density at radius 3 is 2.76 bits per heavy atom. The zero-order chi connectivity index (χ0) is 20.4. The first-order chi connectivity index (χ1) is 14.1. The lowest BCUT2D eigenvalue weighted by atomic mass is 9.88. The summed E-state index contributed by atoms with van der Waals surface area (Å²) in [6.07, 6.45) is 2.43. The van der Waals surface area contributed by atoms with Crippen LogP contribution >= 0.6 is 15.9 Å². The number of aromatic nitrogens is 2. The van der Waals surface area contributed by atoms with Gasteiger partial charge in [-0.2, -0.15) is 0 Å². The predicted molar refractivity (Wildman–Crippen MR) is 123 cm³/mol. The third kappa shape index (κ3) is 4.34. The fourth-order valence-corrected chi connectivity index (χ4v) is 4.67. The van der Waals surface area contributed by atoms with Crippen molar-refractivity contribution in [2.75, 3.05) is 40.3 Å². The van der Waals surface area contributed by atoms with Crippen molar-refractivity contribution < 1.29 is 4.74 Å². The Kier molecular flexibility index (Phi) is 6.23. The fourth-order valence-electron chi connectivity index (χ4n) is 4.31. The first-order valence-corrected chi connectivity index (χ1v) is 11.1. The zero-order valence-corrected chi connectivity index (χ0v) is 19.0. The van der Waals surface area contributed by atoms with E-state index in [1.165, 1.54) is 37.1 Å². The number of methoxy groups -OCH3 is 1. The number of benzene rings is 2. The maximum atomic E-state index is 5.55. The topological polar surface area (TPSA) is 53.2 Å². The van der Waals surface area contributed by atoms with E-state index in [1.807, 2.05) is 25.2 Å². The van der Waals surface area contributed by atoms with Gasteiger partial charge in [-0.1, -0.05) is 22.0 Å². The van der Waals surface area contributed by atoms with Crippen molar-refractivity contribution in [2.45, 2.75) is 25.7 Å². The molecule has 5 nitrogen and oxygen atoms in total. The van der Waals surface area contributed by atoms with Crippen LogP contribution in [0.25, 0.3) is 22.4 Å². The summed E-state index contributed by atoms with van der Waals surface area (Å²) < 4.78 is 6.56. The van der Waals surface area contributed by atoms with Gasteiger partial charge in [0, 0.05) is 17.6 Å². The maximum absolute atomic E-state index is 5.55. The molecular weight excluding hydrogens is 428 g/mol. The van der Waals surface area contributed by atoms with Gasteiger partial charge in [-0.3, -0.25) is 0 Å². The number of rotatable bonds is 6. The highest BCUT2D eigenvalue weighted by Crippen LogP contribution is 2.35. The van der Waals surface area contributed by atoms with Crippen LogP contribution in [0, 0.1) is 6.92 Å². The predicted octanol–water partition coefficient (Wildman–Crippen LogP) is 4.71. The number of halogens is 1. The van der Waals surface area contributed by atoms with Crippen LogP contribution in [0.4, 0.5) is 0 Å². The minimum atomic E-state index is 0.621. The molecular formula is C23H29BrN4O. The Bertz CT molecular complexity index is 992. The molecule has 0 saturated carbocycles. The average molecular weight is 457 g/mol. The van der Waals surface area contributed by atoms with E-state index < -0.39 is 0 Å². The molecule has 1 aliphatic heterocycles. The van der Waals surface area contributed by atoms with Crippen LogP contribution in [-0.4, -0.2) is 55.2 Å². The minimum absolute atomic E-state index is 0.621. The molecule has 154 valence electrons. The van der Waals surface area contributed by atoms with Gasteiger partial charge in [-0.05, 0) is 81.2 Å². The molecule has 0 radical (unpaired) electrons. The second-order valence-electron chi connectivity index (χ2n) is 7.88. The first-order valence-electron chi connectivity index (χ1n) is 10.3. The summed E-state index contributed by atoms with van der Waals surface area (Å²) in [5.41, 5.74) is 5.77. The summed E-state index contributed by atoms with van der Waals surface area (Å²) in [5.74, 6) is 2.29. The molecule has 1 aliphatic rings. The van der Waals surface area contributed by atoms with Crippen molar-refractivity contribution in [1.29, 1.82) is 0 Å². The van der Waals surface area contributed by atoms with Gasteiger partial charge >= 0.3 is 0 Å². The summed E-state index contributed by atoms with van der Waals surface area (Å²) in [5, 5.41) is 3.25. The van der Waals surface area contributed by atoms with Crippen molar-refractivity contribution in [3.63, 3.8) is 0 Å². The van der Waals surface area contributed by atoms with Crippen molar-refractivity contribution >= 4 is 27.0 Å². The van der Waals surface area contributed by atoms with E-state index in [9.17, 15) is 0 Å². The standard InChI is InChI=1S/C23H29BrN4O/c1-15-12-17(16-6-9-28(10-7-16)11-8-25-2)13-20-22(15)27-23(26-20)19-14-18(24)4-5-21(19)29-3/h4-5,12-14,16,25H,6-11H2,1-3H3,(H,26,27). The number of nitrogens with one attached hydrogen (secondary N) is 2. The van der Waals surface area contributed by atoms with Gasteiger partial charge in [-0.25, -0.2) is 4.98 Å². The number of piperidine rings is 1. The lowest BCUT2D eigenvalue weighted by Gasteiger charge is -2.32.